The van der Waals surface area contributed by atoms with E-state index in [0.29, 0.717) is 11.5 Å². The minimum atomic E-state index is -0.234. The molecule has 0 radical (unpaired) electrons. The van der Waals surface area contributed by atoms with E-state index in [2.05, 4.69) is 26.7 Å². The van der Waals surface area contributed by atoms with Gasteiger partial charge in [0.15, 0.2) is 0 Å². The Hall–Kier alpha value is -3.21. The number of carbonyl (C=O) groups excluding carboxylic acids is 1. The van der Waals surface area contributed by atoms with Gasteiger partial charge in [0, 0.05) is 23.8 Å². The van der Waals surface area contributed by atoms with E-state index in [-0.39, 0.29) is 5.91 Å². The molecule has 25 heavy (non-hydrogen) atoms. The van der Waals surface area contributed by atoms with Crippen LogP contribution in [0.15, 0.2) is 54.9 Å². The molecule has 0 aliphatic carbocycles. The van der Waals surface area contributed by atoms with Crippen molar-refractivity contribution in [2.75, 3.05) is 10.6 Å². The Morgan fingerprint density at radius 1 is 0.880 bits per heavy atom. The second-order valence-electron chi connectivity index (χ2n) is 6.06. The maximum absolute atomic E-state index is 12.3. The first-order valence-corrected chi connectivity index (χ1v) is 8.05. The Bertz CT molecular complexity index is 887. The molecule has 5 heteroatoms. The third-order valence-corrected chi connectivity index (χ3v) is 3.86. The van der Waals surface area contributed by atoms with E-state index < -0.39 is 0 Å². The van der Waals surface area contributed by atoms with Gasteiger partial charge in [0.2, 0.25) is 5.95 Å². The van der Waals surface area contributed by atoms with Crippen LogP contribution in [0.2, 0.25) is 0 Å². The quantitative estimate of drug-likeness (QED) is 0.743. The lowest BCUT2D eigenvalue weighted by Crippen LogP contribution is -2.13. The minimum Gasteiger partial charge on any atom is -0.324 e. The van der Waals surface area contributed by atoms with Crippen LogP contribution in [0.1, 0.15) is 27.0 Å². The fourth-order valence-electron chi connectivity index (χ4n) is 2.34. The molecule has 0 saturated heterocycles. The molecule has 3 rings (SSSR count). The summed E-state index contributed by atoms with van der Waals surface area (Å²) in [6.07, 6.45) is 3.04. The summed E-state index contributed by atoms with van der Waals surface area (Å²) in [6.45, 7) is 6.05. The molecule has 3 aromatic rings. The average molecular weight is 332 g/mol. The first-order chi connectivity index (χ1) is 12.0. The van der Waals surface area contributed by atoms with Gasteiger partial charge in [-0.25, -0.2) is 9.97 Å². The predicted molar refractivity (Wildman–Crippen MR) is 100 cm³/mol. The normalized spacial score (nSPS) is 10.4. The highest BCUT2D eigenvalue weighted by molar-refractivity contribution is 6.03. The topological polar surface area (TPSA) is 66.9 Å². The summed E-state index contributed by atoms with van der Waals surface area (Å²) in [4.78, 5) is 20.7. The van der Waals surface area contributed by atoms with Crippen molar-refractivity contribution in [3.8, 4) is 0 Å². The Balaban J connectivity index is 1.70. The number of benzene rings is 2. The maximum atomic E-state index is 12.3. The van der Waals surface area contributed by atoms with Crippen LogP contribution in [0.25, 0.3) is 0 Å². The second-order valence-corrected chi connectivity index (χ2v) is 6.06. The van der Waals surface area contributed by atoms with Crippen molar-refractivity contribution in [2.45, 2.75) is 20.8 Å². The van der Waals surface area contributed by atoms with Gasteiger partial charge in [0.1, 0.15) is 0 Å². The van der Waals surface area contributed by atoms with Crippen LogP contribution in [0.4, 0.5) is 17.3 Å². The van der Waals surface area contributed by atoms with Gasteiger partial charge >= 0.3 is 0 Å². The third kappa shape index (κ3) is 4.20. The largest absolute Gasteiger partial charge is 0.324 e. The van der Waals surface area contributed by atoms with Crippen molar-refractivity contribution in [2.24, 2.45) is 0 Å². The number of nitrogens with one attached hydrogen (secondary N) is 2. The van der Waals surface area contributed by atoms with Gasteiger partial charge in [-0.3, -0.25) is 4.79 Å². The van der Waals surface area contributed by atoms with Gasteiger partial charge < -0.3 is 10.6 Å². The van der Waals surface area contributed by atoms with E-state index in [4.69, 9.17) is 0 Å². The standard InChI is InChI=1S/C20H20N4O/c1-13-5-8-17(9-6-13)23-19(25)16-11-21-20(22-12-16)24-18-10-14(2)4-7-15(18)3/h4-12H,1-3H3,(H,23,25)(H,21,22,24). The number of aryl methyl sites for hydroxylation is 3. The predicted octanol–water partition coefficient (Wildman–Crippen LogP) is 4.40. The zero-order valence-corrected chi connectivity index (χ0v) is 14.5. The zero-order valence-electron chi connectivity index (χ0n) is 14.5. The Kier molecular flexibility index (Phi) is 4.75. The number of aromatic nitrogens is 2. The van der Waals surface area contributed by atoms with Gasteiger partial charge in [-0.1, -0.05) is 29.8 Å². The van der Waals surface area contributed by atoms with E-state index in [9.17, 15) is 4.79 Å². The van der Waals surface area contributed by atoms with E-state index in [1.165, 1.54) is 12.4 Å². The molecule has 1 amide bonds. The van der Waals surface area contributed by atoms with Crippen LogP contribution in [-0.2, 0) is 0 Å². The molecule has 0 spiro atoms. The summed E-state index contributed by atoms with van der Waals surface area (Å²) in [5.41, 5.74) is 5.51. The highest BCUT2D eigenvalue weighted by Gasteiger charge is 2.08. The molecular weight excluding hydrogens is 312 g/mol. The summed E-state index contributed by atoms with van der Waals surface area (Å²) in [7, 11) is 0. The molecular formula is C20H20N4O. The van der Waals surface area contributed by atoms with E-state index >= 15 is 0 Å². The summed E-state index contributed by atoms with van der Waals surface area (Å²) in [5, 5.41) is 6.01. The first kappa shape index (κ1) is 16.6. The van der Waals surface area contributed by atoms with Crippen LogP contribution >= 0.6 is 0 Å². The van der Waals surface area contributed by atoms with Crippen LogP contribution < -0.4 is 10.6 Å². The highest BCUT2D eigenvalue weighted by Crippen LogP contribution is 2.19. The summed E-state index contributed by atoms with van der Waals surface area (Å²) < 4.78 is 0. The van der Waals surface area contributed by atoms with Crippen LogP contribution in [0, 0.1) is 20.8 Å². The molecule has 0 aliphatic rings. The Labute approximate surface area is 147 Å². The van der Waals surface area contributed by atoms with Crippen molar-refractivity contribution in [1.82, 2.24) is 9.97 Å². The molecule has 0 saturated carbocycles. The zero-order chi connectivity index (χ0) is 17.8. The number of carbonyl (C=O) groups is 1. The molecule has 2 aromatic carbocycles. The lowest BCUT2D eigenvalue weighted by Gasteiger charge is -2.09. The van der Waals surface area contributed by atoms with Crippen molar-refractivity contribution in [1.29, 1.82) is 0 Å². The van der Waals surface area contributed by atoms with E-state index in [0.717, 1.165) is 28.1 Å². The molecule has 0 unspecified atom stereocenters. The lowest BCUT2D eigenvalue weighted by molar-refractivity contribution is 0.102. The van der Waals surface area contributed by atoms with Crippen LogP contribution in [0.3, 0.4) is 0 Å². The maximum Gasteiger partial charge on any atom is 0.258 e. The smallest absolute Gasteiger partial charge is 0.258 e. The molecule has 0 bridgehead atoms. The monoisotopic (exact) mass is 332 g/mol. The molecule has 1 heterocycles. The highest BCUT2D eigenvalue weighted by atomic mass is 16.1. The van der Waals surface area contributed by atoms with Crippen molar-refractivity contribution in [3.63, 3.8) is 0 Å². The average Bonchev–Trinajstić information content (AvgIpc) is 2.61. The molecule has 1 aromatic heterocycles. The SMILES string of the molecule is Cc1ccc(NC(=O)c2cnc(Nc3cc(C)ccc3C)nc2)cc1. The second kappa shape index (κ2) is 7.13. The van der Waals surface area contributed by atoms with Crippen molar-refractivity contribution < 1.29 is 4.79 Å². The van der Waals surface area contributed by atoms with Gasteiger partial charge in [-0.2, -0.15) is 0 Å². The summed E-state index contributed by atoms with van der Waals surface area (Å²) in [6, 6.07) is 13.8. The number of hydrogen-bond acceptors (Lipinski definition) is 4. The molecule has 0 atom stereocenters. The molecule has 0 fully saturated rings. The summed E-state index contributed by atoms with van der Waals surface area (Å²) >= 11 is 0. The number of rotatable bonds is 4. The van der Waals surface area contributed by atoms with E-state index in [1.807, 2.05) is 57.2 Å². The summed E-state index contributed by atoms with van der Waals surface area (Å²) in [5.74, 6) is 0.225. The molecule has 5 nitrogen and oxygen atoms in total. The number of hydrogen-bond donors (Lipinski definition) is 2. The Morgan fingerprint density at radius 3 is 2.20 bits per heavy atom. The number of nitrogens with zero attached hydrogens (tertiary/aromatic N) is 2. The first-order valence-electron chi connectivity index (χ1n) is 8.05. The molecule has 0 aliphatic heterocycles. The van der Waals surface area contributed by atoms with Gasteiger partial charge in [-0.15, -0.1) is 0 Å². The molecule has 126 valence electrons. The fraction of sp³-hybridized carbons (Fsp3) is 0.150. The third-order valence-electron chi connectivity index (χ3n) is 3.86. The number of anilines is 3. The molecule has 2 N–H and O–H groups in total. The minimum absolute atomic E-state index is 0.234. The Morgan fingerprint density at radius 2 is 1.52 bits per heavy atom. The number of amides is 1. The van der Waals surface area contributed by atoms with Gasteiger partial charge in [-0.05, 0) is 50.1 Å². The fourth-order valence-corrected chi connectivity index (χ4v) is 2.34. The van der Waals surface area contributed by atoms with Gasteiger partial charge in [0.25, 0.3) is 5.91 Å². The van der Waals surface area contributed by atoms with Crippen LogP contribution in [-0.4, -0.2) is 15.9 Å². The van der Waals surface area contributed by atoms with Crippen molar-refractivity contribution >= 4 is 23.2 Å². The van der Waals surface area contributed by atoms with Gasteiger partial charge in [0.05, 0.1) is 5.56 Å². The van der Waals surface area contributed by atoms with E-state index in [1.54, 1.807) is 0 Å². The lowest BCUT2D eigenvalue weighted by atomic mass is 10.1. The van der Waals surface area contributed by atoms with Crippen LogP contribution in [0.5, 0.6) is 0 Å². The van der Waals surface area contributed by atoms with Crippen molar-refractivity contribution in [3.05, 3.63) is 77.1 Å².